The molecule has 1 atom stereocenters. The molecule has 0 spiro atoms. The SMILES string of the molecule is C#CC.C=C1CC(CN2CCC(C)CC2)=CN1c1ccc(C(=O)Nc2ncc(O/C(=C/C=C(\C)N)C(C)OCCCC)s2)cc1.C=CC=C.CC. The van der Waals surface area contributed by atoms with Crippen molar-refractivity contribution in [2.45, 2.75) is 86.7 Å². The summed E-state index contributed by atoms with van der Waals surface area (Å²) in [7, 11) is 0. The van der Waals surface area contributed by atoms with Gasteiger partial charge in [-0.15, -0.1) is 12.3 Å². The number of anilines is 2. The van der Waals surface area contributed by atoms with Gasteiger partial charge in [0, 0.05) is 48.4 Å². The molecule has 1 aromatic carbocycles. The molecule has 0 bridgehead atoms. The van der Waals surface area contributed by atoms with E-state index in [9.17, 15) is 4.79 Å². The monoisotopic (exact) mass is 715 g/mol. The number of aromatic nitrogens is 1. The van der Waals surface area contributed by atoms with E-state index < -0.39 is 0 Å². The fourth-order valence-electron chi connectivity index (χ4n) is 4.90. The summed E-state index contributed by atoms with van der Waals surface area (Å²) in [6, 6.07) is 7.59. The molecule has 51 heavy (non-hydrogen) atoms. The lowest BCUT2D eigenvalue weighted by atomic mass is 9.99. The smallest absolute Gasteiger partial charge is 0.257 e. The normalized spacial score (nSPS) is 15.4. The van der Waals surface area contributed by atoms with Gasteiger partial charge in [-0.3, -0.25) is 15.0 Å². The molecular formula is C42H61N5O3S. The van der Waals surface area contributed by atoms with Gasteiger partial charge < -0.3 is 20.1 Å². The second kappa shape index (κ2) is 25.6. The summed E-state index contributed by atoms with van der Waals surface area (Å²) >= 11 is 1.26. The first kappa shape index (κ1) is 44.7. The van der Waals surface area contributed by atoms with Gasteiger partial charge in [-0.05, 0) is 101 Å². The molecule has 4 rings (SSSR count). The largest absolute Gasteiger partial charge is 0.447 e. The molecule has 9 heteroatoms. The highest BCUT2D eigenvalue weighted by Gasteiger charge is 2.23. The Kier molecular flexibility index (Phi) is 22.4. The number of hydrogen-bond acceptors (Lipinski definition) is 8. The first-order chi connectivity index (χ1) is 24.5. The third kappa shape index (κ3) is 16.9. The standard InChI is InChI=1S/C33H45N5O3S.C4H6.C3H4.C2H6/c1-6-7-18-40-26(5)30(13-8-24(3)34)41-31-20-35-33(42-31)36-32(39)28-9-11-29(12-10-28)38-22-27(19-25(38)4)21-37-16-14-23(2)15-17-37;1-3-4-2;1-3-2;1-2/h8-13,20,22-23,26H,4,6-7,14-19,21,34H2,1-3,5H3,(H,35,36,39);3-4H,1-2H2;1H,2H3;1-2H3/b24-8+,30-13+;;;. The van der Waals surface area contributed by atoms with Crippen LogP contribution in [-0.4, -0.2) is 48.1 Å². The van der Waals surface area contributed by atoms with Crippen LogP contribution in [0.3, 0.4) is 0 Å². The minimum atomic E-state index is -0.253. The van der Waals surface area contributed by atoms with E-state index in [0.29, 0.717) is 33.8 Å². The molecule has 2 aliphatic heterocycles. The molecule has 2 aliphatic rings. The topological polar surface area (TPSA) is 93.0 Å². The summed E-state index contributed by atoms with van der Waals surface area (Å²) in [6.45, 7) is 28.9. The van der Waals surface area contributed by atoms with Crippen LogP contribution < -0.4 is 20.7 Å². The lowest BCUT2D eigenvalue weighted by Gasteiger charge is -2.30. The molecule has 1 unspecified atom stereocenters. The molecule has 1 fully saturated rings. The summed E-state index contributed by atoms with van der Waals surface area (Å²) in [5.41, 5.74) is 10.5. The van der Waals surface area contributed by atoms with Crippen molar-refractivity contribution in [1.82, 2.24) is 9.88 Å². The van der Waals surface area contributed by atoms with Gasteiger partial charge in [0.25, 0.3) is 5.91 Å². The van der Waals surface area contributed by atoms with Gasteiger partial charge in [0.2, 0.25) is 5.06 Å². The molecule has 2 aromatic rings. The van der Waals surface area contributed by atoms with Gasteiger partial charge in [-0.25, -0.2) is 4.98 Å². The molecule has 1 amide bonds. The van der Waals surface area contributed by atoms with Crippen molar-refractivity contribution in [3.05, 3.63) is 109 Å². The number of hydrogen-bond donors (Lipinski definition) is 2. The average molecular weight is 716 g/mol. The maximum atomic E-state index is 13.0. The number of carbonyl (C=O) groups is 1. The number of nitrogens with zero attached hydrogens (tertiary/aromatic N) is 3. The van der Waals surface area contributed by atoms with Crippen LogP contribution in [0.2, 0.25) is 0 Å². The number of unbranched alkanes of at least 4 members (excludes halogenated alkanes) is 1. The van der Waals surface area contributed by atoms with E-state index in [1.165, 1.54) is 29.8 Å². The number of carbonyl (C=O) groups excluding carboxylic acids is 1. The number of likely N-dealkylation sites (tertiary alicyclic amines) is 1. The van der Waals surface area contributed by atoms with Gasteiger partial charge in [-0.2, -0.15) is 0 Å². The van der Waals surface area contributed by atoms with Crippen molar-refractivity contribution in [2.75, 3.05) is 36.5 Å². The molecule has 0 aliphatic carbocycles. The number of thiazole rings is 1. The summed E-state index contributed by atoms with van der Waals surface area (Å²) < 4.78 is 12.0. The first-order valence-corrected chi connectivity index (χ1v) is 18.7. The van der Waals surface area contributed by atoms with Crippen LogP contribution in [0.4, 0.5) is 10.8 Å². The van der Waals surface area contributed by atoms with Gasteiger partial charge >= 0.3 is 0 Å². The third-order valence-corrected chi connectivity index (χ3v) is 8.45. The maximum absolute atomic E-state index is 13.0. The van der Waals surface area contributed by atoms with E-state index in [0.717, 1.165) is 56.2 Å². The van der Waals surface area contributed by atoms with Crippen LogP contribution in [0, 0.1) is 18.3 Å². The fraction of sp³-hybridized carbons (Fsp3) is 0.429. The Bertz CT molecular complexity index is 1480. The lowest BCUT2D eigenvalue weighted by molar-refractivity contribution is 0.0640. The zero-order valence-electron chi connectivity index (χ0n) is 32.0. The number of nitrogens with one attached hydrogen (secondary N) is 1. The maximum Gasteiger partial charge on any atom is 0.257 e. The number of rotatable bonds is 14. The summed E-state index contributed by atoms with van der Waals surface area (Å²) in [6.07, 6.45) is 20.5. The van der Waals surface area contributed by atoms with Crippen LogP contribution >= 0.6 is 11.3 Å². The zero-order chi connectivity index (χ0) is 38.2. The molecule has 278 valence electrons. The number of amides is 1. The quantitative estimate of drug-likeness (QED) is 0.0871. The minimum Gasteiger partial charge on any atom is -0.447 e. The van der Waals surface area contributed by atoms with Crippen molar-refractivity contribution in [2.24, 2.45) is 11.7 Å². The van der Waals surface area contributed by atoms with Crippen molar-refractivity contribution < 1.29 is 14.3 Å². The Labute approximate surface area is 312 Å². The Hall–Kier alpha value is -4.36. The number of nitrogens with two attached hydrogens (primary N) is 1. The van der Waals surface area contributed by atoms with E-state index in [-0.39, 0.29) is 12.0 Å². The van der Waals surface area contributed by atoms with Gasteiger partial charge in [-0.1, -0.05) is 77.3 Å². The number of piperidine rings is 1. The van der Waals surface area contributed by atoms with Crippen molar-refractivity contribution in [3.63, 3.8) is 0 Å². The highest BCUT2D eigenvalue weighted by Crippen LogP contribution is 2.32. The van der Waals surface area contributed by atoms with Crippen LogP contribution in [0.25, 0.3) is 0 Å². The highest BCUT2D eigenvalue weighted by molar-refractivity contribution is 7.17. The average Bonchev–Trinajstić information content (AvgIpc) is 3.73. The van der Waals surface area contributed by atoms with E-state index in [1.54, 1.807) is 31.3 Å². The molecular weight excluding hydrogens is 655 g/mol. The number of ether oxygens (including phenoxy) is 2. The summed E-state index contributed by atoms with van der Waals surface area (Å²) in [5.74, 6) is 3.47. The molecule has 8 nitrogen and oxygen atoms in total. The third-order valence-electron chi connectivity index (χ3n) is 7.66. The molecule has 3 N–H and O–H groups in total. The van der Waals surface area contributed by atoms with E-state index in [4.69, 9.17) is 15.2 Å². The van der Waals surface area contributed by atoms with Crippen LogP contribution in [0.5, 0.6) is 5.06 Å². The molecule has 1 aromatic heterocycles. The molecule has 0 radical (unpaired) electrons. The van der Waals surface area contributed by atoms with Gasteiger partial charge in [0.05, 0.1) is 6.20 Å². The van der Waals surface area contributed by atoms with Gasteiger partial charge in [0.1, 0.15) is 11.9 Å². The molecule has 0 saturated carbocycles. The molecule has 1 saturated heterocycles. The van der Waals surface area contributed by atoms with Crippen LogP contribution in [-0.2, 0) is 4.74 Å². The van der Waals surface area contributed by atoms with E-state index in [2.05, 4.69) is 72.2 Å². The minimum absolute atomic E-state index is 0.230. The zero-order valence-corrected chi connectivity index (χ0v) is 32.9. The second-order valence-electron chi connectivity index (χ2n) is 12.1. The Balaban J connectivity index is 0.00000131. The predicted molar refractivity (Wildman–Crippen MR) is 219 cm³/mol. The second-order valence-corrected chi connectivity index (χ2v) is 13.0. The number of terminal acetylenes is 1. The van der Waals surface area contributed by atoms with Crippen molar-refractivity contribution >= 4 is 28.1 Å². The Morgan fingerprint density at radius 3 is 2.39 bits per heavy atom. The summed E-state index contributed by atoms with van der Waals surface area (Å²) in [5, 5.41) is 3.89. The Morgan fingerprint density at radius 1 is 1.20 bits per heavy atom. The fourth-order valence-corrected chi connectivity index (χ4v) is 5.59. The van der Waals surface area contributed by atoms with Crippen LogP contribution in [0.1, 0.15) is 90.9 Å². The summed E-state index contributed by atoms with van der Waals surface area (Å²) in [4.78, 5) is 22.0. The lowest BCUT2D eigenvalue weighted by Crippen LogP contribution is -2.34. The predicted octanol–water partition coefficient (Wildman–Crippen LogP) is 10.1. The van der Waals surface area contributed by atoms with E-state index in [1.807, 2.05) is 58.0 Å². The van der Waals surface area contributed by atoms with Crippen LogP contribution in [0.15, 0.2) is 103 Å². The Morgan fingerprint density at radius 2 is 1.82 bits per heavy atom. The number of benzene rings is 1. The van der Waals surface area contributed by atoms with Crippen molar-refractivity contribution in [1.29, 1.82) is 0 Å². The first-order valence-electron chi connectivity index (χ1n) is 17.8. The van der Waals surface area contributed by atoms with Gasteiger partial charge in [0.15, 0.2) is 5.13 Å². The van der Waals surface area contributed by atoms with Crippen molar-refractivity contribution in [3.8, 4) is 17.4 Å². The highest BCUT2D eigenvalue weighted by atomic mass is 32.1. The molecule has 3 heterocycles. The number of allylic oxidation sites excluding steroid dienone is 6. The van der Waals surface area contributed by atoms with E-state index >= 15 is 0 Å².